The van der Waals surface area contributed by atoms with E-state index in [0.717, 1.165) is 36.1 Å². The van der Waals surface area contributed by atoms with Gasteiger partial charge in [-0.1, -0.05) is 11.3 Å². The molecule has 1 saturated heterocycles. The SMILES string of the molecule is CCOC(=O)c1ccc2c(c1)sc(=NC(=O)CSCC(=O)N1CCCCC1)n2C. The van der Waals surface area contributed by atoms with Crippen LogP contribution in [0.25, 0.3) is 10.2 Å². The van der Waals surface area contributed by atoms with Crippen LogP contribution >= 0.6 is 23.1 Å². The van der Waals surface area contributed by atoms with E-state index < -0.39 is 0 Å². The first kappa shape index (κ1) is 21.6. The monoisotopic (exact) mass is 435 g/mol. The molecule has 0 atom stereocenters. The summed E-state index contributed by atoms with van der Waals surface area (Å²) in [6, 6.07) is 5.29. The van der Waals surface area contributed by atoms with Gasteiger partial charge in [0.25, 0.3) is 5.91 Å². The molecule has 0 saturated carbocycles. The number of rotatable bonds is 6. The molecule has 0 spiro atoms. The van der Waals surface area contributed by atoms with Crippen LogP contribution in [-0.2, 0) is 21.4 Å². The Morgan fingerprint density at radius 2 is 1.93 bits per heavy atom. The summed E-state index contributed by atoms with van der Waals surface area (Å²) in [5.74, 6) is -0.0599. The minimum Gasteiger partial charge on any atom is -0.462 e. The molecule has 9 heteroatoms. The fourth-order valence-electron chi connectivity index (χ4n) is 3.18. The zero-order chi connectivity index (χ0) is 20.8. The zero-order valence-corrected chi connectivity index (χ0v) is 18.3. The Kier molecular flexibility index (Phi) is 7.49. The number of ether oxygens (including phenoxy) is 1. The van der Waals surface area contributed by atoms with Gasteiger partial charge in [-0.15, -0.1) is 11.8 Å². The van der Waals surface area contributed by atoms with Gasteiger partial charge < -0.3 is 14.2 Å². The molecule has 1 aromatic carbocycles. The Morgan fingerprint density at radius 3 is 2.66 bits per heavy atom. The van der Waals surface area contributed by atoms with Gasteiger partial charge in [0.2, 0.25) is 5.91 Å². The normalized spacial score (nSPS) is 15.0. The van der Waals surface area contributed by atoms with Gasteiger partial charge in [-0.25, -0.2) is 4.79 Å². The van der Waals surface area contributed by atoms with Crippen LogP contribution < -0.4 is 4.80 Å². The van der Waals surface area contributed by atoms with Gasteiger partial charge in [0.15, 0.2) is 4.80 Å². The highest BCUT2D eigenvalue weighted by molar-refractivity contribution is 8.00. The number of likely N-dealkylation sites (tertiary alicyclic amines) is 1. The van der Waals surface area contributed by atoms with Crippen molar-refractivity contribution >= 4 is 51.1 Å². The molecule has 1 aliphatic heterocycles. The number of amides is 2. The number of aryl methyl sites for hydroxylation is 1. The maximum atomic E-state index is 12.3. The first-order chi connectivity index (χ1) is 14.0. The molecule has 0 bridgehead atoms. The molecule has 2 aromatic rings. The Hall–Kier alpha value is -2.13. The molecule has 0 aliphatic carbocycles. The number of benzene rings is 1. The molecule has 156 valence electrons. The molecule has 0 radical (unpaired) electrons. The number of hydrogen-bond acceptors (Lipinski definition) is 6. The minimum absolute atomic E-state index is 0.0985. The maximum Gasteiger partial charge on any atom is 0.338 e. The van der Waals surface area contributed by atoms with Crippen molar-refractivity contribution in [2.75, 3.05) is 31.2 Å². The van der Waals surface area contributed by atoms with Crippen LogP contribution in [0.5, 0.6) is 0 Å². The second kappa shape index (κ2) is 10.1. The van der Waals surface area contributed by atoms with Gasteiger partial charge in [0, 0.05) is 20.1 Å². The second-order valence-electron chi connectivity index (χ2n) is 6.79. The quantitative estimate of drug-likeness (QED) is 0.652. The van der Waals surface area contributed by atoms with Gasteiger partial charge in [0.1, 0.15) is 0 Å². The molecule has 3 rings (SSSR count). The van der Waals surface area contributed by atoms with Crippen molar-refractivity contribution in [3.05, 3.63) is 28.6 Å². The van der Waals surface area contributed by atoms with E-state index in [2.05, 4.69) is 4.99 Å². The highest BCUT2D eigenvalue weighted by Crippen LogP contribution is 2.19. The predicted molar refractivity (Wildman–Crippen MR) is 115 cm³/mol. The summed E-state index contributed by atoms with van der Waals surface area (Å²) in [5, 5.41) is 0. The molecule has 2 heterocycles. The molecule has 2 amide bonds. The highest BCUT2D eigenvalue weighted by atomic mass is 32.2. The lowest BCUT2D eigenvalue weighted by Gasteiger charge is -2.26. The number of esters is 1. The summed E-state index contributed by atoms with van der Waals surface area (Å²) < 4.78 is 7.72. The lowest BCUT2D eigenvalue weighted by molar-refractivity contribution is -0.129. The molecule has 0 unspecified atom stereocenters. The number of fused-ring (bicyclic) bond motifs is 1. The van der Waals surface area contributed by atoms with Crippen LogP contribution in [-0.4, -0.2) is 58.5 Å². The number of carbonyl (C=O) groups excluding carboxylic acids is 3. The number of carbonyl (C=O) groups is 3. The summed E-state index contributed by atoms with van der Waals surface area (Å²) in [7, 11) is 1.84. The predicted octanol–water partition coefficient (Wildman–Crippen LogP) is 2.59. The van der Waals surface area contributed by atoms with E-state index in [1.165, 1.54) is 29.5 Å². The van der Waals surface area contributed by atoms with Gasteiger partial charge in [-0.3, -0.25) is 9.59 Å². The number of hydrogen-bond donors (Lipinski definition) is 0. The summed E-state index contributed by atoms with van der Waals surface area (Å²) in [6.45, 7) is 3.73. The van der Waals surface area contributed by atoms with E-state index in [-0.39, 0.29) is 23.5 Å². The molecule has 1 fully saturated rings. The van der Waals surface area contributed by atoms with Crippen LogP contribution in [0.4, 0.5) is 0 Å². The summed E-state index contributed by atoms with van der Waals surface area (Å²) in [5.41, 5.74) is 1.37. The van der Waals surface area contributed by atoms with Crippen molar-refractivity contribution in [2.45, 2.75) is 26.2 Å². The van der Waals surface area contributed by atoms with Gasteiger partial charge >= 0.3 is 5.97 Å². The number of thiazole rings is 1. The van der Waals surface area contributed by atoms with Crippen LogP contribution in [0.2, 0.25) is 0 Å². The summed E-state index contributed by atoms with van der Waals surface area (Å²) in [6.07, 6.45) is 3.30. The average Bonchev–Trinajstić information content (AvgIpc) is 3.03. The van der Waals surface area contributed by atoms with Gasteiger partial charge in [-0.2, -0.15) is 4.99 Å². The number of piperidine rings is 1. The van der Waals surface area contributed by atoms with Crippen LogP contribution in [0.3, 0.4) is 0 Å². The Labute approximate surface area is 177 Å². The highest BCUT2D eigenvalue weighted by Gasteiger charge is 2.16. The Bertz CT molecular complexity index is 974. The summed E-state index contributed by atoms with van der Waals surface area (Å²) in [4.78, 5) is 43.0. The van der Waals surface area contributed by atoms with E-state index in [9.17, 15) is 14.4 Å². The largest absolute Gasteiger partial charge is 0.462 e. The number of aromatic nitrogens is 1. The summed E-state index contributed by atoms with van der Waals surface area (Å²) >= 11 is 2.65. The third kappa shape index (κ3) is 5.48. The molecule has 0 N–H and O–H groups in total. The minimum atomic E-state index is -0.366. The zero-order valence-electron chi connectivity index (χ0n) is 16.7. The van der Waals surface area contributed by atoms with E-state index >= 15 is 0 Å². The molecular weight excluding hydrogens is 410 g/mol. The molecule has 1 aliphatic rings. The molecule has 7 nitrogen and oxygen atoms in total. The fraction of sp³-hybridized carbons (Fsp3) is 0.500. The Balaban J connectivity index is 1.64. The standard InChI is InChI=1S/C20H25N3O4S2/c1-3-27-19(26)14-7-8-15-16(11-14)29-20(22(15)2)21-17(24)12-28-13-18(25)23-9-5-4-6-10-23/h7-8,11H,3-6,9-10,12-13H2,1-2H3. The van der Waals surface area contributed by atoms with Crippen molar-refractivity contribution in [2.24, 2.45) is 12.0 Å². The lowest BCUT2D eigenvalue weighted by Crippen LogP contribution is -2.36. The van der Waals surface area contributed by atoms with E-state index in [1.807, 2.05) is 22.6 Å². The van der Waals surface area contributed by atoms with Crippen LogP contribution in [0, 0.1) is 0 Å². The van der Waals surface area contributed by atoms with Crippen molar-refractivity contribution in [1.29, 1.82) is 0 Å². The molecule has 29 heavy (non-hydrogen) atoms. The van der Waals surface area contributed by atoms with Gasteiger partial charge in [0.05, 0.1) is 33.9 Å². The van der Waals surface area contributed by atoms with E-state index in [0.29, 0.717) is 22.7 Å². The maximum absolute atomic E-state index is 12.3. The topological polar surface area (TPSA) is 81.0 Å². The molecule has 1 aromatic heterocycles. The first-order valence-electron chi connectivity index (χ1n) is 9.69. The molecular formula is C20H25N3O4S2. The first-order valence-corrected chi connectivity index (χ1v) is 11.7. The Morgan fingerprint density at radius 1 is 1.17 bits per heavy atom. The van der Waals surface area contributed by atoms with Crippen LogP contribution in [0.1, 0.15) is 36.5 Å². The van der Waals surface area contributed by atoms with E-state index in [1.54, 1.807) is 19.1 Å². The van der Waals surface area contributed by atoms with Gasteiger partial charge in [-0.05, 0) is 44.4 Å². The van der Waals surface area contributed by atoms with E-state index in [4.69, 9.17) is 4.74 Å². The van der Waals surface area contributed by atoms with Crippen molar-refractivity contribution in [3.63, 3.8) is 0 Å². The number of thioether (sulfide) groups is 1. The number of nitrogens with zero attached hydrogens (tertiary/aromatic N) is 3. The smallest absolute Gasteiger partial charge is 0.338 e. The average molecular weight is 436 g/mol. The van der Waals surface area contributed by atoms with Crippen LogP contribution in [0.15, 0.2) is 23.2 Å². The third-order valence-electron chi connectivity index (χ3n) is 4.70. The second-order valence-corrected chi connectivity index (χ2v) is 8.78. The lowest BCUT2D eigenvalue weighted by atomic mass is 10.1. The van der Waals surface area contributed by atoms with Crippen molar-refractivity contribution in [3.8, 4) is 0 Å². The van der Waals surface area contributed by atoms with Crippen molar-refractivity contribution < 1.29 is 19.1 Å². The fourth-order valence-corrected chi connectivity index (χ4v) is 4.95. The third-order valence-corrected chi connectivity index (χ3v) is 6.70. The van der Waals surface area contributed by atoms with Crippen molar-refractivity contribution in [1.82, 2.24) is 9.47 Å².